The SMILES string of the molecule is Cc1ccc(Nc2ccc(NCCNC(=O)Cn3cnc4ccccc43)nn2)nc1. The van der Waals surface area contributed by atoms with Gasteiger partial charge in [-0.2, -0.15) is 0 Å². The van der Waals surface area contributed by atoms with Crippen LogP contribution in [0.1, 0.15) is 5.56 Å². The molecule has 9 heteroatoms. The average molecular weight is 402 g/mol. The molecule has 4 rings (SSSR count). The lowest BCUT2D eigenvalue weighted by molar-refractivity contribution is -0.121. The van der Waals surface area contributed by atoms with Crippen molar-refractivity contribution in [2.75, 3.05) is 23.7 Å². The molecule has 0 radical (unpaired) electrons. The van der Waals surface area contributed by atoms with Crippen molar-refractivity contribution in [2.24, 2.45) is 0 Å². The number of fused-ring (bicyclic) bond motifs is 1. The molecule has 0 aliphatic heterocycles. The van der Waals surface area contributed by atoms with E-state index in [0.717, 1.165) is 16.6 Å². The van der Waals surface area contributed by atoms with E-state index < -0.39 is 0 Å². The number of imidazole rings is 1. The van der Waals surface area contributed by atoms with Gasteiger partial charge in [-0.1, -0.05) is 18.2 Å². The molecule has 0 unspecified atom stereocenters. The molecule has 0 saturated carbocycles. The van der Waals surface area contributed by atoms with Crippen LogP contribution in [0.25, 0.3) is 11.0 Å². The summed E-state index contributed by atoms with van der Waals surface area (Å²) >= 11 is 0. The molecule has 4 aromatic rings. The van der Waals surface area contributed by atoms with Gasteiger partial charge in [0.05, 0.1) is 17.4 Å². The smallest absolute Gasteiger partial charge is 0.240 e. The van der Waals surface area contributed by atoms with Crippen LogP contribution < -0.4 is 16.0 Å². The van der Waals surface area contributed by atoms with Crippen molar-refractivity contribution in [3.8, 4) is 0 Å². The van der Waals surface area contributed by atoms with E-state index in [0.29, 0.717) is 30.5 Å². The third kappa shape index (κ3) is 4.88. The molecule has 0 aliphatic carbocycles. The Balaban J connectivity index is 1.20. The first kappa shape index (κ1) is 19.3. The van der Waals surface area contributed by atoms with Crippen LogP contribution in [0.3, 0.4) is 0 Å². The number of aromatic nitrogens is 5. The van der Waals surface area contributed by atoms with Crippen molar-refractivity contribution >= 4 is 34.4 Å². The van der Waals surface area contributed by atoms with Gasteiger partial charge in [0.15, 0.2) is 5.82 Å². The van der Waals surface area contributed by atoms with Crippen LogP contribution in [-0.4, -0.2) is 43.7 Å². The zero-order chi connectivity index (χ0) is 20.8. The molecule has 9 nitrogen and oxygen atoms in total. The first-order valence-corrected chi connectivity index (χ1v) is 9.61. The van der Waals surface area contributed by atoms with Gasteiger partial charge in [0.1, 0.15) is 18.2 Å². The second-order valence-corrected chi connectivity index (χ2v) is 6.79. The number of nitrogens with one attached hydrogen (secondary N) is 3. The highest BCUT2D eigenvalue weighted by atomic mass is 16.1. The number of para-hydroxylation sites is 2. The van der Waals surface area contributed by atoms with Gasteiger partial charge in [0.25, 0.3) is 0 Å². The predicted octanol–water partition coefficient (Wildman–Crippen LogP) is 2.50. The van der Waals surface area contributed by atoms with Gasteiger partial charge < -0.3 is 20.5 Å². The van der Waals surface area contributed by atoms with Crippen LogP contribution in [-0.2, 0) is 11.3 Å². The summed E-state index contributed by atoms with van der Waals surface area (Å²) in [6.07, 6.45) is 3.47. The highest BCUT2D eigenvalue weighted by Gasteiger charge is 2.06. The normalized spacial score (nSPS) is 10.7. The number of carbonyl (C=O) groups excluding carboxylic acids is 1. The molecular formula is C21H22N8O. The fourth-order valence-corrected chi connectivity index (χ4v) is 2.91. The van der Waals surface area contributed by atoms with E-state index in [1.165, 1.54) is 0 Å². The van der Waals surface area contributed by atoms with Crippen molar-refractivity contribution in [1.82, 2.24) is 30.0 Å². The molecule has 3 heterocycles. The third-order valence-corrected chi connectivity index (χ3v) is 4.43. The number of pyridine rings is 1. The molecule has 1 amide bonds. The molecule has 0 aliphatic rings. The van der Waals surface area contributed by atoms with Gasteiger partial charge in [-0.15, -0.1) is 10.2 Å². The first-order valence-electron chi connectivity index (χ1n) is 9.61. The molecule has 3 N–H and O–H groups in total. The van der Waals surface area contributed by atoms with Crippen LogP contribution in [0, 0.1) is 6.92 Å². The Labute approximate surface area is 173 Å². The molecule has 0 atom stereocenters. The highest BCUT2D eigenvalue weighted by molar-refractivity contribution is 5.80. The summed E-state index contributed by atoms with van der Waals surface area (Å²) in [6, 6.07) is 15.2. The van der Waals surface area contributed by atoms with Crippen LogP contribution in [0.5, 0.6) is 0 Å². The quantitative estimate of drug-likeness (QED) is 0.389. The van der Waals surface area contributed by atoms with Gasteiger partial charge in [-0.05, 0) is 42.8 Å². The lowest BCUT2D eigenvalue weighted by Gasteiger charge is -2.09. The van der Waals surface area contributed by atoms with E-state index in [1.54, 1.807) is 12.5 Å². The van der Waals surface area contributed by atoms with E-state index in [-0.39, 0.29) is 12.5 Å². The van der Waals surface area contributed by atoms with Crippen molar-refractivity contribution in [3.63, 3.8) is 0 Å². The van der Waals surface area contributed by atoms with E-state index >= 15 is 0 Å². The Hall–Kier alpha value is -4.01. The van der Waals surface area contributed by atoms with E-state index in [4.69, 9.17) is 0 Å². The zero-order valence-corrected chi connectivity index (χ0v) is 16.5. The summed E-state index contributed by atoms with van der Waals surface area (Å²) in [5, 5.41) is 17.4. The summed E-state index contributed by atoms with van der Waals surface area (Å²) in [5.41, 5.74) is 2.91. The lowest BCUT2D eigenvalue weighted by Crippen LogP contribution is -2.31. The Morgan fingerprint density at radius 1 is 0.933 bits per heavy atom. The second kappa shape index (κ2) is 8.99. The molecule has 0 spiro atoms. The molecular weight excluding hydrogens is 380 g/mol. The van der Waals surface area contributed by atoms with E-state index in [1.807, 2.05) is 60.0 Å². The molecule has 1 aromatic carbocycles. The summed E-state index contributed by atoms with van der Waals surface area (Å²) < 4.78 is 1.83. The molecule has 30 heavy (non-hydrogen) atoms. The molecule has 0 saturated heterocycles. The zero-order valence-electron chi connectivity index (χ0n) is 16.5. The Morgan fingerprint density at radius 3 is 2.53 bits per heavy atom. The standard InChI is InChI=1S/C21H22N8O/c1-15-6-7-18(24-12-15)26-20-9-8-19(27-28-20)22-10-11-23-21(30)13-29-14-25-16-4-2-3-5-17(16)29/h2-9,12,14H,10-11,13H2,1H3,(H,22,27)(H,23,30)(H,24,26,28). The summed E-state index contributed by atoms with van der Waals surface area (Å²) in [7, 11) is 0. The monoisotopic (exact) mass is 402 g/mol. The van der Waals surface area contributed by atoms with E-state index in [2.05, 4.69) is 36.1 Å². The Morgan fingerprint density at radius 2 is 1.73 bits per heavy atom. The van der Waals surface area contributed by atoms with Gasteiger partial charge in [0, 0.05) is 19.3 Å². The fraction of sp³-hybridized carbons (Fsp3) is 0.190. The maximum Gasteiger partial charge on any atom is 0.240 e. The maximum absolute atomic E-state index is 12.2. The van der Waals surface area contributed by atoms with Crippen LogP contribution in [0.2, 0.25) is 0 Å². The Kier molecular flexibility index (Phi) is 5.79. The number of carbonyl (C=O) groups is 1. The number of rotatable bonds is 8. The summed E-state index contributed by atoms with van der Waals surface area (Å²) in [6.45, 7) is 3.23. The fourth-order valence-electron chi connectivity index (χ4n) is 2.91. The summed E-state index contributed by atoms with van der Waals surface area (Å²) in [5.74, 6) is 1.88. The number of aryl methyl sites for hydroxylation is 1. The Bertz CT molecular complexity index is 1120. The third-order valence-electron chi connectivity index (χ3n) is 4.43. The average Bonchev–Trinajstić information content (AvgIpc) is 3.17. The van der Waals surface area contributed by atoms with E-state index in [9.17, 15) is 4.79 Å². The number of anilines is 3. The molecule has 0 bridgehead atoms. The van der Waals surface area contributed by atoms with Gasteiger partial charge in [-0.25, -0.2) is 9.97 Å². The lowest BCUT2D eigenvalue weighted by atomic mass is 10.3. The topological polar surface area (TPSA) is 110 Å². The molecule has 3 aromatic heterocycles. The van der Waals surface area contributed by atoms with Crippen molar-refractivity contribution < 1.29 is 4.79 Å². The molecule has 0 fully saturated rings. The number of hydrogen-bond donors (Lipinski definition) is 3. The number of benzene rings is 1. The van der Waals surface area contributed by atoms with Gasteiger partial charge in [0.2, 0.25) is 5.91 Å². The van der Waals surface area contributed by atoms with Gasteiger partial charge in [-0.3, -0.25) is 4.79 Å². The van der Waals surface area contributed by atoms with Crippen molar-refractivity contribution in [1.29, 1.82) is 0 Å². The largest absolute Gasteiger partial charge is 0.367 e. The summed E-state index contributed by atoms with van der Waals surface area (Å²) in [4.78, 5) is 20.7. The highest BCUT2D eigenvalue weighted by Crippen LogP contribution is 2.13. The van der Waals surface area contributed by atoms with Crippen LogP contribution >= 0.6 is 0 Å². The number of hydrogen-bond acceptors (Lipinski definition) is 7. The minimum atomic E-state index is -0.0730. The maximum atomic E-state index is 12.2. The second-order valence-electron chi connectivity index (χ2n) is 6.79. The minimum absolute atomic E-state index is 0.0730. The predicted molar refractivity (Wildman–Crippen MR) is 116 cm³/mol. The number of nitrogens with zero attached hydrogens (tertiary/aromatic N) is 5. The van der Waals surface area contributed by atoms with Crippen LogP contribution in [0.15, 0.2) is 61.1 Å². The van der Waals surface area contributed by atoms with Crippen LogP contribution in [0.4, 0.5) is 17.5 Å². The van der Waals surface area contributed by atoms with Crippen molar-refractivity contribution in [3.05, 3.63) is 66.6 Å². The van der Waals surface area contributed by atoms with Gasteiger partial charge >= 0.3 is 0 Å². The van der Waals surface area contributed by atoms with Crippen molar-refractivity contribution in [2.45, 2.75) is 13.5 Å². The first-order chi connectivity index (χ1) is 14.7. The molecule has 152 valence electrons. The minimum Gasteiger partial charge on any atom is -0.367 e. The number of amides is 1.